The van der Waals surface area contributed by atoms with Crippen LogP contribution in [0.3, 0.4) is 0 Å². The Morgan fingerprint density at radius 2 is 1.90 bits per heavy atom. The number of nitrogens with zero attached hydrogens (tertiary/aromatic N) is 3. The first-order valence-corrected chi connectivity index (χ1v) is 7.04. The monoisotopic (exact) mass is 281 g/mol. The van der Waals surface area contributed by atoms with Crippen LogP contribution in [0, 0.1) is 6.92 Å². The molecule has 1 atom stereocenters. The highest BCUT2D eigenvalue weighted by molar-refractivity contribution is 5.78. The van der Waals surface area contributed by atoms with Gasteiger partial charge in [0.2, 0.25) is 5.91 Å². The van der Waals surface area contributed by atoms with Crippen molar-refractivity contribution in [2.24, 2.45) is 11.5 Å². The van der Waals surface area contributed by atoms with Crippen LogP contribution in [0.25, 0.3) is 0 Å². The highest BCUT2D eigenvalue weighted by Crippen LogP contribution is 2.08. The maximum absolute atomic E-state index is 11.8. The van der Waals surface area contributed by atoms with Gasteiger partial charge in [0.05, 0.1) is 6.42 Å². The molecule has 0 saturated carbocycles. The Bertz CT molecular complexity index is 380. The van der Waals surface area contributed by atoms with Crippen LogP contribution < -0.4 is 11.5 Å². The molecule has 0 aromatic carbocycles. The lowest BCUT2D eigenvalue weighted by molar-refractivity contribution is -0.129. The van der Waals surface area contributed by atoms with Gasteiger partial charge in [0, 0.05) is 31.5 Å². The third-order valence-corrected chi connectivity index (χ3v) is 2.72. The minimum absolute atomic E-state index is 0.0665. The molecule has 1 aliphatic heterocycles. The molecular formula is C14H27N5O. The summed E-state index contributed by atoms with van der Waals surface area (Å²) in [5.74, 6) is 0.646. The number of rotatable bonds is 2. The zero-order valence-corrected chi connectivity index (χ0v) is 13.0. The number of amides is 1. The zero-order chi connectivity index (χ0) is 15.5. The minimum Gasteiger partial charge on any atom is -0.341 e. The summed E-state index contributed by atoms with van der Waals surface area (Å²) in [5, 5.41) is 0. The first kappa shape index (κ1) is 18.5. The molecule has 1 aliphatic rings. The van der Waals surface area contributed by atoms with Crippen LogP contribution in [0.15, 0.2) is 12.4 Å². The van der Waals surface area contributed by atoms with E-state index in [9.17, 15) is 4.79 Å². The van der Waals surface area contributed by atoms with Gasteiger partial charge >= 0.3 is 0 Å². The maximum atomic E-state index is 11.8. The van der Waals surface area contributed by atoms with Crippen molar-refractivity contribution in [3.63, 3.8) is 0 Å². The summed E-state index contributed by atoms with van der Waals surface area (Å²) in [6.45, 7) is 7.33. The Morgan fingerprint density at radius 3 is 2.35 bits per heavy atom. The topological polar surface area (TPSA) is 98.1 Å². The van der Waals surface area contributed by atoms with E-state index in [0.29, 0.717) is 12.4 Å². The number of nitrogens with two attached hydrogens (primary N) is 2. The van der Waals surface area contributed by atoms with E-state index in [2.05, 4.69) is 15.7 Å². The molecule has 114 valence electrons. The SMILES string of the molecule is CC.CN.Cc1cnc(CC(=O)N2CCC(N)C2)nc1. The summed E-state index contributed by atoms with van der Waals surface area (Å²) in [6, 6.07) is 0.128. The second-order valence-corrected chi connectivity index (χ2v) is 4.24. The molecule has 1 aromatic rings. The molecule has 0 aliphatic carbocycles. The number of carbonyl (C=O) groups is 1. The van der Waals surface area contributed by atoms with Gasteiger partial charge in [-0.1, -0.05) is 13.8 Å². The van der Waals surface area contributed by atoms with Crippen molar-refractivity contribution < 1.29 is 4.79 Å². The quantitative estimate of drug-likeness (QED) is 0.822. The summed E-state index contributed by atoms with van der Waals surface area (Å²) in [5.41, 5.74) is 11.3. The lowest BCUT2D eigenvalue weighted by Gasteiger charge is -2.14. The standard InChI is InChI=1S/C11H16N4O.C2H6.CH5N/c1-8-5-13-10(14-6-8)4-11(16)15-3-2-9(12)7-15;2*1-2/h5-6,9H,2-4,7,12H2,1H3;1-2H3;2H2,1H3. The number of aromatic nitrogens is 2. The number of likely N-dealkylation sites (tertiary alicyclic amines) is 1. The lowest BCUT2D eigenvalue weighted by Crippen LogP contribution is -2.33. The van der Waals surface area contributed by atoms with Gasteiger partial charge in [-0.15, -0.1) is 0 Å². The van der Waals surface area contributed by atoms with Gasteiger partial charge < -0.3 is 16.4 Å². The smallest absolute Gasteiger partial charge is 0.230 e. The number of aryl methyl sites for hydroxylation is 1. The Balaban J connectivity index is 0.000000829. The van der Waals surface area contributed by atoms with Crippen LogP contribution in [0.5, 0.6) is 0 Å². The van der Waals surface area contributed by atoms with Crippen molar-refractivity contribution in [2.75, 3.05) is 20.1 Å². The van der Waals surface area contributed by atoms with Crippen LogP contribution >= 0.6 is 0 Å². The Morgan fingerprint density at radius 1 is 1.35 bits per heavy atom. The van der Waals surface area contributed by atoms with E-state index in [1.54, 1.807) is 17.3 Å². The molecule has 0 radical (unpaired) electrons. The Labute approximate surface area is 121 Å². The summed E-state index contributed by atoms with van der Waals surface area (Å²) < 4.78 is 0. The van der Waals surface area contributed by atoms with Crippen LogP contribution in [0.4, 0.5) is 0 Å². The van der Waals surface area contributed by atoms with E-state index >= 15 is 0 Å². The molecule has 1 amide bonds. The number of hydrogen-bond acceptors (Lipinski definition) is 5. The van der Waals surface area contributed by atoms with Crippen molar-refractivity contribution in [3.05, 3.63) is 23.8 Å². The lowest BCUT2D eigenvalue weighted by atomic mass is 10.3. The molecule has 1 fully saturated rings. The summed E-state index contributed by atoms with van der Waals surface area (Å²) in [7, 11) is 1.50. The average molecular weight is 281 g/mol. The normalized spacial score (nSPS) is 16.7. The minimum atomic E-state index is 0.0665. The van der Waals surface area contributed by atoms with Gasteiger partial charge in [0.25, 0.3) is 0 Å². The molecule has 6 nitrogen and oxygen atoms in total. The fourth-order valence-corrected chi connectivity index (χ4v) is 1.77. The van der Waals surface area contributed by atoms with E-state index in [0.717, 1.165) is 18.5 Å². The Kier molecular flexibility index (Phi) is 9.49. The molecule has 2 rings (SSSR count). The molecular weight excluding hydrogens is 254 g/mol. The molecule has 6 heteroatoms. The van der Waals surface area contributed by atoms with E-state index in [1.165, 1.54) is 7.05 Å². The second kappa shape index (κ2) is 10.3. The van der Waals surface area contributed by atoms with Crippen molar-refractivity contribution in [1.82, 2.24) is 14.9 Å². The van der Waals surface area contributed by atoms with Gasteiger partial charge in [-0.05, 0) is 26.0 Å². The third kappa shape index (κ3) is 6.08. The number of carbonyl (C=O) groups excluding carboxylic acids is 1. The molecule has 4 N–H and O–H groups in total. The third-order valence-electron chi connectivity index (χ3n) is 2.72. The van der Waals surface area contributed by atoms with Gasteiger partial charge in [-0.25, -0.2) is 9.97 Å². The highest BCUT2D eigenvalue weighted by atomic mass is 16.2. The molecule has 0 bridgehead atoms. The van der Waals surface area contributed by atoms with E-state index in [4.69, 9.17) is 5.73 Å². The molecule has 20 heavy (non-hydrogen) atoms. The van der Waals surface area contributed by atoms with Gasteiger partial charge in [0.15, 0.2) is 0 Å². The van der Waals surface area contributed by atoms with E-state index in [-0.39, 0.29) is 18.4 Å². The van der Waals surface area contributed by atoms with Crippen molar-refractivity contribution in [2.45, 2.75) is 39.7 Å². The zero-order valence-electron chi connectivity index (χ0n) is 13.0. The second-order valence-electron chi connectivity index (χ2n) is 4.24. The van der Waals surface area contributed by atoms with Crippen LogP contribution in [0.1, 0.15) is 31.7 Å². The van der Waals surface area contributed by atoms with Crippen LogP contribution in [-0.2, 0) is 11.2 Å². The van der Waals surface area contributed by atoms with Crippen LogP contribution in [-0.4, -0.2) is 47.0 Å². The molecule has 1 unspecified atom stereocenters. The fraction of sp³-hybridized carbons (Fsp3) is 0.643. The fourth-order valence-electron chi connectivity index (χ4n) is 1.77. The van der Waals surface area contributed by atoms with E-state index < -0.39 is 0 Å². The summed E-state index contributed by atoms with van der Waals surface area (Å²) in [6.07, 6.45) is 4.62. The predicted molar refractivity (Wildman–Crippen MR) is 81.1 cm³/mol. The van der Waals surface area contributed by atoms with E-state index in [1.807, 2.05) is 20.8 Å². The molecule has 1 aromatic heterocycles. The molecule has 2 heterocycles. The molecule has 1 saturated heterocycles. The van der Waals surface area contributed by atoms with Crippen molar-refractivity contribution >= 4 is 5.91 Å². The van der Waals surface area contributed by atoms with Gasteiger partial charge in [-0.2, -0.15) is 0 Å². The van der Waals surface area contributed by atoms with Gasteiger partial charge in [0.1, 0.15) is 5.82 Å². The first-order chi connectivity index (χ1) is 9.65. The van der Waals surface area contributed by atoms with Crippen molar-refractivity contribution in [1.29, 1.82) is 0 Å². The molecule has 0 spiro atoms. The average Bonchev–Trinajstić information content (AvgIpc) is 2.92. The summed E-state index contributed by atoms with van der Waals surface area (Å²) in [4.78, 5) is 21.9. The predicted octanol–water partition coefficient (Wildman–Crippen LogP) is 0.488. The van der Waals surface area contributed by atoms with Crippen molar-refractivity contribution in [3.8, 4) is 0 Å². The maximum Gasteiger partial charge on any atom is 0.230 e. The van der Waals surface area contributed by atoms with Gasteiger partial charge in [-0.3, -0.25) is 4.79 Å². The number of hydrogen-bond donors (Lipinski definition) is 2. The Hall–Kier alpha value is -1.53. The largest absolute Gasteiger partial charge is 0.341 e. The summed E-state index contributed by atoms with van der Waals surface area (Å²) >= 11 is 0. The van der Waals surface area contributed by atoms with Crippen LogP contribution in [0.2, 0.25) is 0 Å². The first-order valence-electron chi connectivity index (χ1n) is 7.04. The highest BCUT2D eigenvalue weighted by Gasteiger charge is 2.23.